The summed E-state index contributed by atoms with van der Waals surface area (Å²) >= 11 is 0. The van der Waals surface area contributed by atoms with E-state index in [1.54, 1.807) is 6.92 Å². The molecule has 16 heteroatoms. The van der Waals surface area contributed by atoms with Crippen LogP contribution in [0.2, 0.25) is 0 Å². The minimum Gasteiger partial charge on any atom is -0.303 e. The zero-order valence-electron chi connectivity index (χ0n) is 19.1. The number of nitriles is 1. The number of phosphoric acid groups is 1. The highest BCUT2D eigenvalue weighted by atomic mass is 31.2. The first-order valence-electron chi connectivity index (χ1n) is 10.7. The normalized spacial score (nSPS) is 12.2. The van der Waals surface area contributed by atoms with E-state index in [-0.39, 0.29) is 41.5 Å². The number of halogens is 3. The number of imidazole rings is 1. The number of hydrogen-bond donors (Lipinski definition) is 2. The van der Waals surface area contributed by atoms with Crippen LogP contribution in [0.1, 0.15) is 30.3 Å². The summed E-state index contributed by atoms with van der Waals surface area (Å²) in [4.78, 5) is 40.0. The molecule has 0 aliphatic heterocycles. The maximum atomic E-state index is 13.2. The zero-order chi connectivity index (χ0) is 27.0. The summed E-state index contributed by atoms with van der Waals surface area (Å²) in [6.07, 6.45) is -1.25. The molecule has 0 fully saturated rings. The van der Waals surface area contributed by atoms with Gasteiger partial charge < -0.3 is 9.79 Å². The maximum absolute atomic E-state index is 13.2. The molecule has 0 atom stereocenters. The molecule has 4 rings (SSSR count). The summed E-state index contributed by atoms with van der Waals surface area (Å²) in [7, 11) is -4.95. The number of benzene rings is 1. The fourth-order valence-electron chi connectivity index (χ4n) is 3.71. The molecule has 0 spiro atoms. The van der Waals surface area contributed by atoms with Crippen LogP contribution in [0.25, 0.3) is 22.6 Å². The van der Waals surface area contributed by atoms with Gasteiger partial charge in [-0.2, -0.15) is 28.5 Å². The van der Waals surface area contributed by atoms with Crippen LogP contribution in [0, 0.1) is 11.3 Å². The van der Waals surface area contributed by atoms with Crippen molar-refractivity contribution in [2.45, 2.75) is 39.3 Å². The van der Waals surface area contributed by atoms with Crippen molar-refractivity contribution in [2.24, 2.45) is 0 Å². The van der Waals surface area contributed by atoms with Crippen molar-refractivity contribution in [3.63, 3.8) is 0 Å². The number of fused-ring (bicyclic) bond motifs is 1. The molecule has 0 amide bonds. The highest BCUT2D eigenvalue weighted by Crippen LogP contribution is 2.37. The summed E-state index contributed by atoms with van der Waals surface area (Å²) in [5, 5.41) is 13.6. The van der Waals surface area contributed by atoms with Crippen LogP contribution in [0.15, 0.2) is 41.5 Å². The topological polar surface area (TPSA) is 161 Å². The Morgan fingerprint density at radius 1 is 1.22 bits per heavy atom. The van der Waals surface area contributed by atoms with E-state index in [1.807, 2.05) is 6.07 Å². The Morgan fingerprint density at radius 2 is 1.97 bits per heavy atom. The van der Waals surface area contributed by atoms with Crippen LogP contribution in [-0.2, 0) is 35.1 Å². The lowest BCUT2D eigenvalue weighted by Crippen LogP contribution is -2.26. The van der Waals surface area contributed by atoms with Gasteiger partial charge in [0.15, 0.2) is 11.2 Å². The summed E-state index contributed by atoms with van der Waals surface area (Å²) in [5.41, 5.74) is -1.18. The van der Waals surface area contributed by atoms with Gasteiger partial charge in [0.25, 0.3) is 5.56 Å². The van der Waals surface area contributed by atoms with Gasteiger partial charge in [0, 0.05) is 12.7 Å². The van der Waals surface area contributed by atoms with E-state index in [0.29, 0.717) is 12.0 Å². The SMILES string of the molecule is CCCn1c(C#N)nc2nc(-c3cnn(Cc4cccc(C(F)(F)F)c4)c3)n(COP(=O)(O)O)c2c1=O. The first kappa shape index (κ1) is 26.2. The Bertz CT molecular complexity index is 1610. The zero-order valence-corrected chi connectivity index (χ0v) is 20.0. The number of hydrogen-bond acceptors (Lipinski definition) is 7. The average Bonchev–Trinajstić information content (AvgIpc) is 3.43. The Balaban J connectivity index is 1.80. The van der Waals surface area contributed by atoms with Crippen LogP contribution in [-0.4, -0.2) is 38.7 Å². The van der Waals surface area contributed by atoms with E-state index in [2.05, 4.69) is 19.6 Å². The van der Waals surface area contributed by atoms with E-state index >= 15 is 0 Å². The van der Waals surface area contributed by atoms with Crippen molar-refractivity contribution < 1.29 is 32.0 Å². The lowest BCUT2D eigenvalue weighted by atomic mass is 10.1. The van der Waals surface area contributed by atoms with Crippen molar-refractivity contribution >= 4 is 19.0 Å². The molecule has 0 radical (unpaired) electrons. The molecule has 3 aromatic heterocycles. The summed E-state index contributed by atoms with van der Waals surface area (Å²) in [6.45, 7) is 1.16. The van der Waals surface area contributed by atoms with Crippen LogP contribution in [0.3, 0.4) is 0 Å². The van der Waals surface area contributed by atoms with Crippen LogP contribution >= 0.6 is 7.82 Å². The van der Waals surface area contributed by atoms with Crippen LogP contribution < -0.4 is 5.56 Å². The minimum absolute atomic E-state index is 0.00137. The van der Waals surface area contributed by atoms with E-state index in [9.17, 15) is 37.6 Å². The maximum Gasteiger partial charge on any atom is 0.471 e. The van der Waals surface area contributed by atoms with Gasteiger partial charge >= 0.3 is 14.0 Å². The Kier molecular flexibility index (Phi) is 7.03. The number of phosphoric ester groups is 1. The molecule has 12 nitrogen and oxygen atoms in total. The molecule has 3 heterocycles. The Morgan fingerprint density at radius 3 is 2.62 bits per heavy atom. The van der Waals surface area contributed by atoms with Gasteiger partial charge in [0.1, 0.15) is 18.6 Å². The summed E-state index contributed by atoms with van der Waals surface area (Å²) in [5.74, 6) is -0.187. The number of rotatable bonds is 8. The molecular weight excluding hydrogens is 518 g/mol. The van der Waals surface area contributed by atoms with E-state index in [1.165, 1.54) is 29.2 Å². The molecule has 0 aliphatic carbocycles. The largest absolute Gasteiger partial charge is 0.471 e. The standard InChI is InChI=1S/C21H19F3N7O5P/c1-2-6-30-16(8-25)27-18-17(20(30)32)31(12-36-37(33,34)35)19(28-18)14-9-26-29(11-14)10-13-4-3-5-15(7-13)21(22,23)24/h3-5,7,9,11H,2,6,10,12H2,1H3,(H2,33,34,35). The van der Waals surface area contributed by atoms with Crippen molar-refractivity contribution in [2.75, 3.05) is 0 Å². The molecule has 194 valence electrons. The molecule has 4 aromatic rings. The average molecular weight is 537 g/mol. The van der Waals surface area contributed by atoms with Gasteiger partial charge in [-0.3, -0.25) is 23.1 Å². The molecule has 0 aliphatic rings. The third-order valence-corrected chi connectivity index (χ3v) is 5.71. The van der Waals surface area contributed by atoms with Gasteiger partial charge in [-0.15, -0.1) is 0 Å². The lowest BCUT2D eigenvalue weighted by molar-refractivity contribution is -0.137. The molecule has 2 N–H and O–H groups in total. The summed E-state index contributed by atoms with van der Waals surface area (Å²) in [6, 6.07) is 6.56. The fourth-order valence-corrected chi connectivity index (χ4v) is 3.97. The minimum atomic E-state index is -4.95. The van der Waals surface area contributed by atoms with Crippen LogP contribution in [0.4, 0.5) is 13.2 Å². The number of aromatic nitrogens is 6. The quantitative estimate of drug-likeness (QED) is 0.322. The fraction of sp³-hybridized carbons (Fsp3) is 0.286. The van der Waals surface area contributed by atoms with Crippen molar-refractivity contribution in [3.05, 3.63) is 64.0 Å². The lowest BCUT2D eigenvalue weighted by Gasteiger charge is -2.11. The number of alkyl halides is 3. The van der Waals surface area contributed by atoms with Crippen molar-refractivity contribution in [3.8, 4) is 17.5 Å². The molecule has 0 saturated carbocycles. The van der Waals surface area contributed by atoms with Gasteiger partial charge in [-0.25, -0.2) is 9.55 Å². The monoisotopic (exact) mass is 537 g/mol. The van der Waals surface area contributed by atoms with Gasteiger partial charge in [0.05, 0.1) is 23.9 Å². The van der Waals surface area contributed by atoms with Gasteiger partial charge in [-0.1, -0.05) is 19.1 Å². The van der Waals surface area contributed by atoms with Crippen molar-refractivity contribution in [1.29, 1.82) is 5.26 Å². The van der Waals surface area contributed by atoms with Crippen molar-refractivity contribution in [1.82, 2.24) is 28.9 Å². The van der Waals surface area contributed by atoms with Gasteiger partial charge in [-0.05, 0) is 24.1 Å². The van der Waals surface area contributed by atoms with E-state index in [4.69, 9.17) is 0 Å². The highest BCUT2D eigenvalue weighted by Gasteiger charge is 2.30. The first-order chi connectivity index (χ1) is 17.4. The first-order valence-corrected chi connectivity index (χ1v) is 12.2. The molecule has 0 bridgehead atoms. The second kappa shape index (κ2) is 9.91. The Labute approximate surface area is 206 Å². The third-order valence-electron chi connectivity index (χ3n) is 5.26. The molecule has 0 saturated heterocycles. The third kappa shape index (κ3) is 5.62. The predicted molar refractivity (Wildman–Crippen MR) is 122 cm³/mol. The second-order valence-electron chi connectivity index (χ2n) is 7.91. The van der Waals surface area contributed by atoms with Gasteiger partial charge in [0.2, 0.25) is 5.82 Å². The second-order valence-corrected chi connectivity index (χ2v) is 9.15. The molecule has 0 unspecified atom stereocenters. The highest BCUT2D eigenvalue weighted by molar-refractivity contribution is 7.46. The summed E-state index contributed by atoms with van der Waals surface area (Å²) < 4.78 is 58.7. The van der Waals surface area contributed by atoms with E-state index < -0.39 is 31.9 Å². The van der Waals surface area contributed by atoms with Crippen LogP contribution in [0.5, 0.6) is 0 Å². The molecule has 37 heavy (non-hydrogen) atoms. The molecule has 1 aromatic carbocycles. The van der Waals surface area contributed by atoms with E-state index in [0.717, 1.165) is 21.3 Å². The predicted octanol–water partition coefficient (Wildman–Crippen LogP) is 2.87. The number of nitrogens with zero attached hydrogens (tertiary/aromatic N) is 7. The molecular formula is C21H19F3N7O5P. The smallest absolute Gasteiger partial charge is 0.303 e. The Hall–Kier alpha value is -3.83.